The second-order valence-electron chi connectivity index (χ2n) is 7.78. The van der Waals surface area contributed by atoms with Crippen molar-refractivity contribution in [2.45, 2.75) is 52.6 Å². The van der Waals surface area contributed by atoms with Gasteiger partial charge >= 0.3 is 0 Å². The fraction of sp³-hybridized carbons (Fsp3) is 0.333. The summed E-state index contributed by atoms with van der Waals surface area (Å²) in [5.41, 5.74) is 2.78. The third-order valence-electron chi connectivity index (χ3n) is 4.64. The standard InChI is InChI=1S/C24H28N4O2/c1-15(2)25-9-11-27-17-5-7-19-21(13-17)23(29)20-8-6-18(14-22(20)24(19)30)28-12-10-26-16(3)4/h7-16,29-30H,5-6H2,1-4H3. The van der Waals surface area contributed by atoms with Crippen molar-refractivity contribution in [1.29, 1.82) is 0 Å². The van der Waals surface area contributed by atoms with Crippen LogP contribution in [0.2, 0.25) is 0 Å². The summed E-state index contributed by atoms with van der Waals surface area (Å²) in [5, 5.41) is 23.0. The molecule has 0 spiro atoms. The van der Waals surface area contributed by atoms with Crippen molar-refractivity contribution in [2.24, 2.45) is 20.0 Å². The van der Waals surface area contributed by atoms with Crippen molar-refractivity contribution in [3.63, 3.8) is 0 Å². The molecule has 2 aliphatic rings. The molecule has 0 saturated carbocycles. The van der Waals surface area contributed by atoms with Gasteiger partial charge in [0.2, 0.25) is 0 Å². The number of phenols is 2. The van der Waals surface area contributed by atoms with Gasteiger partial charge in [-0.15, -0.1) is 0 Å². The Labute approximate surface area is 176 Å². The minimum absolute atomic E-state index is 0.151. The monoisotopic (exact) mass is 404 g/mol. The summed E-state index contributed by atoms with van der Waals surface area (Å²) in [6, 6.07) is 0.439. The molecule has 0 radical (unpaired) electrons. The predicted molar refractivity (Wildman–Crippen MR) is 127 cm³/mol. The van der Waals surface area contributed by atoms with Gasteiger partial charge in [-0.05, 0) is 39.8 Å². The zero-order valence-electron chi connectivity index (χ0n) is 17.9. The maximum absolute atomic E-state index is 10.9. The molecule has 0 heterocycles. The highest BCUT2D eigenvalue weighted by atomic mass is 16.3. The van der Waals surface area contributed by atoms with E-state index in [2.05, 4.69) is 20.0 Å². The lowest BCUT2D eigenvalue weighted by molar-refractivity contribution is 0.450. The number of allylic oxidation sites excluding steroid dienone is 2. The molecule has 0 unspecified atom stereocenters. The van der Waals surface area contributed by atoms with Crippen LogP contribution < -0.4 is 10.4 Å². The van der Waals surface area contributed by atoms with Crippen LogP contribution in [0.1, 0.15) is 51.7 Å². The van der Waals surface area contributed by atoms with Crippen LogP contribution in [0.5, 0.6) is 11.5 Å². The summed E-state index contributed by atoms with van der Waals surface area (Å²) in [5.74, 6) is 0.302. The van der Waals surface area contributed by atoms with E-state index in [1.54, 1.807) is 24.9 Å². The minimum Gasteiger partial charge on any atom is -0.507 e. The summed E-state index contributed by atoms with van der Waals surface area (Å²) in [7, 11) is 0. The summed E-state index contributed by atoms with van der Waals surface area (Å²) in [6.07, 6.45) is 15.2. The molecule has 0 atom stereocenters. The first-order valence-electron chi connectivity index (χ1n) is 10.2. The topological polar surface area (TPSA) is 89.9 Å². The highest BCUT2D eigenvalue weighted by Crippen LogP contribution is 2.28. The van der Waals surface area contributed by atoms with Gasteiger partial charge < -0.3 is 10.2 Å². The van der Waals surface area contributed by atoms with E-state index < -0.39 is 0 Å². The lowest BCUT2D eigenvalue weighted by atomic mass is 9.93. The number of benzene rings is 1. The third-order valence-corrected chi connectivity index (χ3v) is 4.64. The lowest BCUT2D eigenvalue weighted by Gasteiger charge is -2.16. The Kier molecular flexibility index (Phi) is 6.77. The van der Waals surface area contributed by atoms with Crippen LogP contribution in [0.15, 0.2) is 31.4 Å². The van der Waals surface area contributed by atoms with Crippen molar-refractivity contribution in [3.8, 4) is 11.5 Å². The minimum atomic E-state index is 0.151. The van der Waals surface area contributed by atoms with Gasteiger partial charge in [0.15, 0.2) is 0 Å². The van der Waals surface area contributed by atoms with Crippen LogP contribution in [-0.2, 0) is 0 Å². The second kappa shape index (κ2) is 9.48. The maximum atomic E-state index is 10.9. The molecule has 0 amide bonds. The number of hydrogen-bond donors (Lipinski definition) is 2. The number of rotatable bonds is 6. The van der Waals surface area contributed by atoms with Crippen LogP contribution in [0, 0.1) is 0 Å². The van der Waals surface area contributed by atoms with E-state index in [9.17, 15) is 10.2 Å². The fourth-order valence-corrected chi connectivity index (χ4v) is 3.23. The van der Waals surface area contributed by atoms with Gasteiger partial charge in [-0.1, -0.05) is 12.2 Å². The molecule has 2 aliphatic carbocycles. The Balaban J connectivity index is 1.94. The van der Waals surface area contributed by atoms with Crippen LogP contribution in [0.25, 0.3) is 24.3 Å². The molecule has 0 aliphatic heterocycles. The van der Waals surface area contributed by atoms with Gasteiger partial charge in [0.05, 0.1) is 0 Å². The normalized spacial score (nSPS) is 16.3. The largest absolute Gasteiger partial charge is 0.507 e. The zero-order valence-corrected chi connectivity index (χ0v) is 17.9. The number of hydrogen-bond acceptors (Lipinski definition) is 6. The Morgan fingerprint density at radius 3 is 1.47 bits per heavy atom. The molecule has 3 rings (SSSR count). The van der Waals surface area contributed by atoms with Crippen LogP contribution in [0.3, 0.4) is 0 Å². The second-order valence-corrected chi connectivity index (χ2v) is 7.78. The quantitative estimate of drug-likeness (QED) is 0.563. The van der Waals surface area contributed by atoms with E-state index in [1.165, 1.54) is 0 Å². The number of fused-ring (bicyclic) bond motifs is 2. The van der Waals surface area contributed by atoms with Crippen LogP contribution >= 0.6 is 0 Å². The van der Waals surface area contributed by atoms with Gasteiger partial charge in [-0.25, -0.2) is 0 Å². The fourth-order valence-electron chi connectivity index (χ4n) is 3.23. The Bertz CT molecular complexity index is 1030. The first-order chi connectivity index (χ1) is 14.4. The average Bonchev–Trinajstić information content (AvgIpc) is 2.72. The molecular weight excluding hydrogens is 376 g/mol. The van der Waals surface area contributed by atoms with E-state index >= 15 is 0 Å². The van der Waals surface area contributed by atoms with E-state index in [0.717, 1.165) is 11.4 Å². The number of aliphatic imine (C=N–C) groups is 4. The van der Waals surface area contributed by atoms with Crippen molar-refractivity contribution >= 4 is 49.2 Å². The first kappa shape index (κ1) is 21.4. The Hall–Kier alpha value is -3.28. The number of aromatic hydroxyl groups is 2. The van der Waals surface area contributed by atoms with Crippen molar-refractivity contribution in [1.82, 2.24) is 0 Å². The Morgan fingerprint density at radius 2 is 1.10 bits per heavy atom. The molecule has 0 fully saturated rings. The third kappa shape index (κ3) is 5.00. The van der Waals surface area contributed by atoms with E-state index in [1.807, 2.05) is 52.0 Å². The van der Waals surface area contributed by atoms with E-state index in [-0.39, 0.29) is 23.6 Å². The number of phenolic OH excluding ortho intramolecular Hbond substituents is 2. The van der Waals surface area contributed by atoms with Crippen molar-refractivity contribution in [3.05, 3.63) is 33.0 Å². The molecule has 1 aromatic carbocycles. The summed E-state index contributed by atoms with van der Waals surface area (Å²) >= 11 is 0. The highest BCUT2D eigenvalue weighted by molar-refractivity contribution is 6.16. The van der Waals surface area contributed by atoms with E-state index in [0.29, 0.717) is 34.4 Å². The van der Waals surface area contributed by atoms with Crippen LogP contribution in [0.4, 0.5) is 0 Å². The smallest absolute Gasteiger partial charge is 0.131 e. The average molecular weight is 405 g/mol. The van der Waals surface area contributed by atoms with Gasteiger partial charge in [0.25, 0.3) is 0 Å². The number of nitrogens with zero attached hydrogens (tertiary/aromatic N) is 4. The van der Waals surface area contributed by atoms with Gasteiger partial charge in [0, 0.05) is 82.7 Å². The van der Waals surface area contributed by atoms with Gasteiger partial charge in [0.1, 0.15) is 11.5 Å². The van der Waals surface area contributed by atoms with E-state index in [4.69, 9.17) is 0 Å². The zero-order chi connectivity index (χ0) is 21.7. The molecule has 2 N–H and O–H groups in total. The van der Waals surface area contributed by atoms with Gasteiger partial charge in [-0.3, -0.25) is 20.0 Å². The molecular formula is C24H28N4O2. The van der Waals surface area contributed by atoms with Crippen molar-refractivity contribution in [2.75, 3.05) is 0 Å². The molecule has 6 heteroatoms. The van der Waals surface area contributed by atoms with Gasteiger partial charge in [-0.2, -0.15) is 0 Å². The molecule has 0 bridgehead atoms. The highest BCUT2D eigenvalue weighted by Gasteiger charge is 2.18. The summed E-state index contributed by atoms with van der Waals surface area (Å²) < 4.78 is 0. The summed E-state index contributed by atoms with van der Waals surface area (Å²) in [4.78, 5) is 17.3. The molecule has 6 nitrogen and oxygen atoms in total. The molecule has 0 saturated heterocycles. The SMILES string of the molecule is CC(C)N=CC=NC1=Cc2c(O)c3c(c(O)c2=CC1)C=C(N=CC=NC(C)C)CC=3. The first-order valence-corrected chi connectivity index (χ1v) is 10.2. The predicted octanol–water partition coefficient (Wildman–Crippen LogP) is 3.25. The maximum Gasteiger partial charge on any atom is 0.131 e. The summed E-state index contributed by atoms with van der Waals surface area (Å²) in [6.45, 7) is 8.00. The molecule has 0 aromatic heterocycles. The molecule has 156 valence electrons. The van der Waals surface area contributed by atoms with Crippen LogP contribution in [-0.4, -0.2) is 47.2 Å². The van der Waals surface area contributed by atoms with Crippen molar-refractivity contribution < 1.29 is 10.2 Å². The lowest BCUT2D eigenvalue weighted by Crippen LogP contribution is -2.21. The Morgan fingerprint density at radius 1 is 0.700 bits per heavy atom. The molecule has 30 heavy (non-hydrogen) atoms. The molecule has 1 aromatic rings.